The van der Waals surface area contributed by atoms with Crippen LogP contribution in [-0.4, -0.2) is 35.2 Å². The molecule has 2 N–H and O–H groups in total. The van der Waals surface area contributed by atoms with E-state index in [1.54, 1.807) is 24.5 Å². The fraction of sp³-hybridized carbons (Fsp3) is 0.294. The Bertz CT molecular complexity index is 575. The first kappa shape index (κ1) is 16.0. The van der Waals surface area contributed by atoms with Gasteiger partial charge in [0.15, 0.2) is 0 Å². The molecule has 0 saturated carbocycles. The number of amides is 1. The van der Waals surface area contributed by atoms with Gasteiger partial charge in [-0.25, -0.2) is 0 Å². The molecule has 5 nitrogen and oxygen atoms in total. The van der Waals surface area contributed by atoms with Gasteiger partial charge in [0.1, 0.15) is 0 Å². The normalized spacial score (nSPS) is 11.7. The molecule has 0 fully saturated rings. The molecule has 0 spiro atoms. The lowest BCUT2D eigenvalue weighted by atomic mass is 10.2. The van der Waals surface area contributed by atoms with Crippen LogP contribution >= 0.6 is 0 Å². The Labute approximate surface area is 130 Å². The first-order valence-corrected chi connectivity index (χ1v) is 7.37. The van der Waals surface area contributed by atoms with Crippen molar-refractivity contribution in [1.29, 1.82) is 0 Å². The number of hydrogen-bond donors (Lipinski definition) is 2. The number of hydrogen-bond acceptors (Lipinski definition) is 4. The molecule has 0 radical (unpaired) electrons. The number of aliphatic hydroxyl groups is 1. The molecular weight excluding hydrogens is 278 g/mol. The predicted molar refractivity (Wildman–Crippen MR) is 87.8 cm³/mol. The van der Waals surface area contributed by atoms with Crippen LogP contribution in [0.25, 0.3) is 0 Å². The number of nitrogens with zero attached hydrogens (tertiary/aromatic N) is 2. The third-order valence-electron chi connectivity index (χ3n) is 3.32. The van der Waals surface area contributed by atoms with E-state index in [1.807, 2.05) is 42.2 Å². The van der Waals surface area contributed by atoms with E-state index in [-0.39, 0.29) is 12.5 Å². The topological polar surface area (TPSA) is 65.5 Å². The van der Waals surface area contributed by atoms with Crippen molar-refractivity contribution < 1.29 is 9.90 Å². The van der Waals surface area contributed by atoms with Gasteiger partial charge in [0.05, 0.1) is 12.6 Å². The van der Waals surface area contributed by atoms with E-state index in [9.17, 15) is 9.90 Å². The Morgan fingerprint density at radius 3 is 2.55 bits per heavy atom. The molecule has 116 valence electrons. The molecule has 2 aromatic rings. The first-order chi connectivity index (χ1) is 10.7. The van der Waals surface area contributed by atoms with Crippen molar-refractivity contribution in [2.75, 3.05) is 23.3 Å². The summed E-state index contributed by atoms with van der Waals surface area (Å²) in [6.07, 6.45) is 3.44. The van der Waals surface area contributed by atoms with E-state index in [4.69, 9.17) is 0 Å². The highest BCUT2D eigenvalue weighted by molar-refractivity contribution is 5.94. The number of carbonyl (C=O) groups excluding carboxylic acids is 1. The molecule has 0 aliphatic carbocycles. The number of aromatic nitrogens is 1. The summed E-state index contributed by atoms with van der Waals surface area (Å²) >= 11 is 0. The van der Waals surface area contributed by atoms with Crippen LogP contribution in [0.4, 0.5) is 11.4 Å². The van der Waals surface area contributed by atoms with Crippen molar-refractivity contribution in [2.24, 2.45) is 0 Å². The van der Waals surface area contributed by atoms with Gasteiger partial charge in [-0.05, 0) is 30.7 Å². The molecule has 0 bridgehead atoms. The summed E-state index contributed by atoms with van der Waals surface area (Å²) < 4.78 is 0. The molecule has 5 heteroatoms. The van der Waals surface area contributed by atoms with Gasteiger partial charge in [0, 0.05) is 30.3 Å². The maximum absolute atomic E-state index is 12.2. The highest BCUT2D eigenvalue weighted by Crippen LogP contribution is 2.14. The monoisotopic (exact) mass is 299 g/mol. The Morgan fingerprint density at radius 2 is 1.91 bits per heavy atom. The lowest BCUT2D eigenvalue weighted by Gasteiger charge is -2.26. The fourth-order valence-corrected chi connectivity index (χ4v) is 2.09. The summed E-state index contributed by atoms with van der Waals surface area (Å²) in [7, 11) is 0. The summed E-state index contributed by atoms with van der Waals surface area (Å²) in [6.45, 7) is 2.53. The largest absolute Gasteiger partial charge is 0.391 e. The number of nitrogens with one attached hydrogen (secondary N) is 1. The Balaban J connectivity index is 2.04. The lowest BCUT2D eigenvalue weighted by molar-refractivity contribution is -0.115. The zero-order chi connectivity index (χ0) is 15.8. The minimum Gasteiger partial charge on any atom is -0.391 e. The van der Waals surface area contributed by atoms with E-state index >= 15 is 0 Å². The van der Waals surface area contributed by atoms with E-state index in [0.29, 0.717) is 18.7 Å². The zero-order valence-electron chi connectivity index (χ0n) is 12.6. The van der Waals surface area contributed by atoms with E-state index in [0.717, 1.165) is 5.69 Å². The van der Waals surface area contributed by atoms with E-state index in [2.05, 4.69) is 10.3 Å². The van der Waals surface area contributed by atoms with Gasteiger partial charge < -0.3 is 15.3 Å². The predicted octanol–water partition coefficient (Wildman–Crippen LogP) is 2.30. The van der Waals surface area contributed by atoms with Gasteiger partial charge in [-0.2, -0.15) is 0 Å². The SMILES string of the molecule is CCC(O)CN(CC(=O)Nc1ccncc1)c1ccccc1. The third kappa shape index (κ3) is 4.86. The minimum absolute atomic E-state index is 0.127. The van der Waals surface area contributed by atoms with Crippen LogP contribution in [0.1, 0.15) is 13.3 Å². The van der Waals surface area contributed by atoms with Crippen LogP contribution in [0.5, 0.6) is 0 Å². The van der Waals surface area contributed by atoms with E-state index in [1.165, 1.54) is 0 Å². The second-order valence-corrected chi connectivity index (χ2v) is 5.06. The Kier molecular flexibility index (Phi) is 5.91. The summed E-state index contributed by atoms with van der Waals surface area (Å²) in [5.74, 6) is -0.127. The number of aliphatic hydroxyl groups excluding tert-OH is 1. The van der Waals surface area contributed by atoms with Crippen LogP contribution in [0.15, 0.2) is 54.9 Å². The molecule has 1 heterocycles. The molecule has 1 unspecified atom stereocenters. The molecule has 2 rings (SSSR count). The van der Waals surface area contributed by atoms with E-state index < -0.39 is 6.10 Å². The van der Waals surface area contributed by atoms with Crippen molar-refractivity contribution in [3.05, 3.63) is 54.9 Å². The highest BCUT2D eigenvalue weighted by atomic mass is 16.3. The van der Waals surface area contributed by atoms with Gasteiger partial charge in [0.2, 0.25) is 5.91 Å². The third-order valence-corrected chi connectivity index (χ3v) is 3.32. The second-order valence-electron chi connectivity index (χ2n) is 5.06. The molecule has 1 amide bonds. The van der Waals surface area contributed by atoms with Crippen molar-refractivity contribution in [3.63, 3.8) is 0 Å². The van der Waals surface area contributed by atoms with Crippen molar-refractivity contribution >= 4 is 17.3 Å². The van der Waals surface area contributed by atoms with Gasteiger partial charge in [-0.1, -0.05) is 25.1 Å². The maximum atomic E-state index is 12.2. The standard InChI is InChI=1S/C17H21N3O2/c1-2-16(21)12-20(15-6-4-3-5-7-15)13-17(22)19-14-8-10-18-11-9-14/h3-11,16,21H,2,12-13H2,1H3,(H,18,19,22). The van der Waals surface area contributed by atoms with Gasteiger partial charge in [-0.15, -0.1) is 0 Å². The van der Waals surface area contributed by atoms with Crippen molar-refractivity contribution in [1.82, 2.24) is 4.98 Å². The summed E-state index contributed by atoms with van der Waals surface area (Å²) in [5, 5.41) is 12.7. The summed E-state index contributed by atoms with van der Waals surface area (Å²) in [4.78, 5) is 18.0. The quantitative estimate of drug-likeness (QED) is 0.823. The average molecular weight is 299 g/mol. The molecule has 0 saturated heterocycles. The minimum atomic E-state index is -0.464. The van der Waals surface area contributed by atoms with Gasteiger partial charge in [-0.3, -0.25) is 9.78 Å². The molecular formula is C17H21N3O2. The lowest BCUT2D eigenvalue weighted by Crippen LogP contribution is -2.38. The summed E-state index contributed by atoms with van der Waals surface area (Å²) in [5.41, 5.74) is 1.63. The van der Waals surface area contributed by atoms with Crippen molar-refractivity contribution in [2.45, 2.75) is 19.4 Å². The molecule has 22 heavy (non-hydrogen) atoms. The van der Waals surface area contributed by atoms with Crippen molar-refractivity contribution in [3.8, 4) is 0 Å². The van der Waals surface area contributed by atoms with Crippen LogP contribution < -0.4 is 10.2 Å². The fourth-order valence-electron chi connectivity index (χ4n) is 2.09. The molecule has 1 aromatic heterocycles. The van der Waals surface area contributed by atoms with Crippen LogP contribution in [0, 0.1) is 0 Å². The van der Waals surface area contributed by atoms with Gasteiger partial charge in [0.25, 0.3) is 0 Å². The zero-order valence-corrected chi connectivity index (χ0v) is 12.6. The average Bonchev–Trinajstić information content (AvgIpc) is 2.55. The number of anilines is 2. The van der Waals surface area contributed by atoms with Crippen LogP contribution in [0.3, 0.4) is 0 Å². The number of benzene rings is 1. The molecule has 1 atom stereocenters. The number of rotatable bonds is 7. The number of carbonyl (C=O) groups is 1. The van der Waals surface area contributed by atoms with Crippen LogP contribution in [-0.2, 0) is 4.79 Å². The first-order valence-electron chi connectivity index (χ1n) is 7.37. The maximum Gasteiger partial charge on any atom is 0.243 e. The number of para-hydroxylation sites is 1. The smallest absolute Gasteiger partial charge is 0.243 e. The Hall–Kier alpha value is -2.40. The van der Waals surface area contributed by atoms with Crippen LogP contribution in [0.2, 0.25) is 0 Å². The highest BCUT2D eigenvalue weighted by Gasteiger charge is 2.15. The molecule has 0 aliphatic rings. The summed E-state index contributed by atoms with van der Waals surface area (Å²) in [6, 6.07) is 13.1. The number of pyridine rings is 1. The molecule has 0 aliphatic heterocycles. The Morgan fingerprint density at radius 1 is 1.23 bits per heavy atom. The molecule has 1 aromatic carbocycles. The second kappa shape index (κ2) is 8.14. The van der Waals surface area contributed by atoms with Gasteiger partial charge >= 0.3 is 0 Å².